The highest BCUT2D eigenvalue weighted by Crippen LogP contribution is 2.72. The Morgan fingerprint density at radius 1 is 1.20 bits per heavy atom. The van der Waals surface area contributed by atoms with Gasteiger partial charge >= 0.3 is 5.97 Å². The number of fused-ring (bicyclic) bond motifs is 3. The Morgan fingerprint density at radius 3 is 2.76 bits per heavy atom. The highest BCUT2D eigenvalue weighted by Gasteiger charge is 2.65. The first kappa shape index (κ1) is 17.6. The number of allylic oxidation sites excluding steroid dienone is 1. The zero-order chi connectivity index (χ0) is 17.9. The summed E-state index contributed by atoms with van der Waals surface area (Å²) < 4.78 is 5.44. The molecule has 0 aromatic heterocycles. The SMILES string of the molecule is C=C1C[C@@]23CC[C@H]4[C@@](C)(CCC[C@@]4(C)C(=O)OCCO)[C@@H]2CC[C@@H]1C3. The molecule has 0 aromatic rings. The number of esters is 1. The second-order valence-electron chi connectivity index (χ2n) is 9.96. The Hall–Kier alpha value is -0.830. The van der Waals surface area contributed by atoms with Gasteiger partial charge in [-0.05, 0) is 86.9 Å². The zero-order valence-corrected chi connectivity index (χ0v) is 16.0. The Kier molecular flexibility index (Phi) is 4.10. The van der Waals surface area contributed by atoms with E-state index in [1.807, 2.05) is 0 Å². The molecular weight excluding hydrogens is 312 g/mol. The van der Waals surface area contributed by atoms with Gasteiger partial charge in [0.25, 0.3) is 0 Å². The van der Waals surface area contributed by atoms with Crippen molar-refractivity contribution < 1.29 is 14.6 Å². The van der Waals surface area contributed by atoms with E-state index in [-0.39, 0.29) is 30.0 Å². The van der Waals surface area contributed by atoms with E-state index in [0.29, 0.717) is 11.3 Å². The van der Waals surface area contributed by atoms with Crippen LogP contribution in [0.4, 0.5) is 0 Å². The lowest BCUT2D eigenvalue weighted by Gasteiger charge is -2.63. The monoisotopic (exact) mass is 346 g/mol. The molecule has 3 nitrogen and oxygen atoms in total. The third-order valence-corrected chi connectivity index (χ3v) is 8.85. The maximum Gasteiger partial charge on any atom is 0.312 e. The fourth-order valence-electron chi connectivity index (χ4n) is 7.90. The zero-order valence-electron chi connectivity index (χ0n) is 16.0. The molecule has 0 saturated heterocycles. The predicted octanol–water partition coefficient (Wildman–Crippen LogP) is 4.49. The second kappa shape index (κ2) is 5.84. The number of carbonyl (C=O) groups is 1. The minimum atomic E-state index is -0.379. The summed E-state index contributed by atoms with van der Waals surface area (Å²) in [6, 6.07) is 0. The van der Waals surface area contributed by atoms with Gasteiger partial charge in [-0.25, -0.2) is 0 Å². The predicted molar refractivity (Wildman–Crippen MR) is 97.9 cm³/mol. The van der Waals surface area contributed by atoms with E-state index in [4.69, 9.17) is 9.84 Å². The van der Waals surface area contributed by atoms with Crippen molar-refractivity contribution in [3.05, 3.63) is 12.2 Å². The molecule has 4 aliphatic rings. The third kappa shape index (κ3) is 2.37. The van der Waals surface area contributed by atoms with Gasteiger partial charge in [-0.15, -0.1) is 0 Å². The van der Waals surface area contributed by atoms with Crippen LogP contribution < -0.4 is 0 Å². The molecule has 4 fully saturated rings. The number of aliphatic hydroxyl groups is 1. The lowest BCUT2D eigenvalue weighted by molar-refractivity contribution is -0.186. The molecule has 0 unspecified atom stereocenters. The summed E-state index contributed by atoms with van der Waals surface area (Å²) in [5, 5.41) is 9.04. The molecule has 0 amide bonds. The lowest BCUT2D eigenvalue weighted by Crippen LogP contribution is -2.58. The van der Waals surface area contributed by atoms with Crippen LogP contribution in [0, 0.1) is 34.0 Å². The van der Waals surface area contributed by atoms with Crippen molar-refractivity contribution in [2.45, 2.75) is 71.6 Å². The molecule has 0 aromatic carbocycles. The van der Waals surface area contributed by atoms with Crippen molar-refractivity contribution in [3.8, 4) is 0 Å². The van der Waals surface area contributed by atoms with Crippen LogP contribution in [0.1, 0.15) is 71.6 Å². The van der Waals surface area contributed by atoms with Crippen LogP contribution in [0.25, 0.3) is 0 Å². The van der Waals surface area contributed by atoms with E-state index in [2.05, 4.69) is 20.4 Å². The Morgan fingerprint density at radius 2 is 2.00 bits per heavy atom. The summed E-state index contributed by atoms with van der Waals surface area (Å²) in [6.45, 7) is 9.08. The van der Waals surface area contributed by atoms with Crippen molar-refractivity contribution in [1.29, 1.82) is 0 Å². The molecule has 0 aliphatic heterocycles. The number of ether oxygens (including phenoxy) is 1. The van der Waals surface area contributed by atoms with E-state index < -0.39 is 0 Å². The van der Waals surface area contributed by atoms with E-state index in [1.165, 1.54) is 44.1 Å². The van der Waals surface area contributed by atoms with Crippen molar-refractivity contribution >= 4 is 5.97 Å². The average molecular weight is 347 g/mol. The molecule has 1 spiro atoms. The maximum atomic E-state index is 12.9. The largest absolute Gasteiger partial charge is 0.463 e. The van der Waals surface area contributed by atoms with Gasteiger partial charge in [-0.3, -0.25) is 4.79 Å². The van der Waals surface area contributed by atoms with Gasteiger partial charge in [-0.2, -0.15) is 0 Å². The van der Waals surface area contributed by atoms with Gasteiger partial charge in [0.2, 0.25) is 0 Å². The van der Waals surface area contributed by atoms with Gasteiger partial charge in [-0.1, -0.05) is 25.5 Å². The quantitative estimate of drug-likeness (QED) is 0.605. The smallest absolute Gasteiger partial charge is 0.312 e. The summed E-state index contributed by atoms with van der Waals surface area (Å²) in [5.74, 6) is 1.85. The first-order valence-electron chi connectivity index (χ1n) is 10.3. The molecule has 4 rings (SSSR count). The lowest BCUT2D eigenvalue weighted by atomic mass is 9.41. The average Bonchev–Trinajstić information content (AvgIpc) is 2.81. The normalized spacial score (nSPS) is 48.6. The topological polar surface area (TPSA) is 46.5 Å². The van der Waals surface area contributed by atoms with Gasteiger partial charge in [0.05, 0.1) is 12.0 Å². The van der Waals surface area contributed by atoms with Crippen LogP contribution in [-0.2, 0) is 9.53 Å². The first-order chi connectivity index (χ1) is 11.9. The number of hydrogen-bond acceptors (Lipinski definition) is 3. The number of hydrogen-bond donors (Lipinski definition) is 1. The summed E-state index contributed by atoms with van der Waals surface area (Å²) in [5.41, 5.74) is 1.85. The van der Waals surface area contributed by atoms with Crippen LogP contribution in [0.5, 0.6) is 0 Å². The highest BCUT2D eigenvalue weighted by molar-refractivity contribution is 5.77. The van der Waals surface area contributed by atoms with Crippen molar-refractivity contribution in [1.82, 2.24) is 0 Å². The maximum absolute atomic E-state index is 12.9. The number of carbonyl (C=O) groups excluding carboxylic acids is 1. The molecule has 25 heavy (non-hydrogen) atoms. The molecule has 4 aliphatic carbocycles. The van der Waals surface area contributed by atoms with Gasteiger partial charge < -0.3 is 9.84 Å². The van der Waals surface area contributed by atoms with E-state index >= 15 is 0 Å². The Labute approximate surface area is 152 Å². The Bertz CT molecular complexity index is 584. The summed E-state index contributed by atoms with van der Waals surface area (Å²) in [7, 11) is 0. The minimum absolute atomic E-state index is 0.0713. The summed E-state index contributed by atoms with van der Waals surface area (Å²) in [6.07, 6.45) is 10.9. The number of aliphatic hydroxyl groups excluding tert-OH is 1. The highest BCUT2D eigenvalue weighted by atomic mass is 16.5. The molecule has 0 heterocycles. The van der Waals surface area contributed by atoms with Crippen LogP contribution in [0.3, 0.4) is 0 Å². The van der Waals surface area contributed by atoms with Gasteiger partial charge in [0, 0.05) is 0 Å². The van der Waals surface area contributed by atoms with Gasteiger partial charge in [0.1, 0.15) is 6.61 Å². The molecule has 3 heteroatoms. The number of rotatable bonds is 3. The molecule has 1 N–H and O–H groups in total. The fraction of sp³-hybridized carbons (Fsp3) is 0.864. The van der Waals surface area contributed by atoms with Crippen molar-refractivity contribution in [2.75, 3.05) is 13.2 Å². The van der Waals surface area contributed by atoms with E-state index in [0.717, 1.165) is 31.1 Å². The standard InChI is InChI=1S/C22H34O3/c1-15-13-22-10-7-17-20(2,18(22)6-5-16(15)14-22)8-4-9-21(17,3)19(24)25-12-11-23/h16-18,23H,1,4-14H2,2-3H3/t16-,17+,18+,20-,21-,22-/m1/s1. The molecule has 0 radical (unpaired) electrons. The van der Waals surface area contributed by atoms with Crippen molar-refractivity contribution in [3.63, 3.8) is 0 Å². The molecule has 6 atom stereocenters. The summed E-state index contributed by atoms with van der Waals surface area (Å²) in [4.78, 5) is 12.9. The molecule has 140 valence electrons. The van der Waals surface area contributed by atoms with Gasteiger partial charge in [0.15, 0.2) is 0 Å². The van der Waals surface area contributed by atoms with Crippen LogP contribution >= 0.6 is 0 Å². The van der Waals surface area contributed by atoms with Crippen molar-refractivity contribution in [2.24, 2.45) is 34.0 Å². The first-order valence-corrected chi connectivity index (χ1v) is 10.3. The van der Waals surface area contributed by atoms with E-state index in [1.54, 1.807) is 0 Å². The van der Waals surface area contributed by atoms with E-state index in [9.17, 15) is 4.79 Å². The minimum Gasteiger partial charge on any atom is -0.463 e. The fourth-order valence-corrected chi connectivity index (χ4v) is 7.90. The van der Waals surface area contributed by atoms with Crippen LogP contribution in [0.15, 0.2) is 12.2 Å². The molecule has 4 saturated carbocycles. The third-order valence-electron chi connectivity index (χ3n) is 8.85. The summed E-state index contributed by atoms with van der Waals surface area (Å²) >= 11 is 0. The molecular formula is C22H34O3. The van der Waals surface area contributed by atoms with Crippen LogP contribution in [0.2, 0.25) is 0 Å². The molecule has 2 bridgehead atoms. The second-order valence-corrected chi connectivity index (χ2v) is 9.96. The van der Waals surface area contributed by atoms with Crippen LogP contribution in [-0.4, -0.2) is 24.3 Å². The Balaban J connectivity index is 1.65.